The Bertz CT molecular complexity index is 1290. The summed E-state index contributed by atoms with van der Waals surface area (Å²) in [5.41, 5.74) is 4.71. The second-order valence-corrected chi connectivity index (χ2v) is 12.3. The average molecular weight is 496 g/mol. The molecule has 2 aliphatic heterocycles. The fourth-order valence-corrected chi connectivity index (χ4v) is 6.79. The molecule has 2 unspecified atom stereocenters. The van der Waals surface area contributed by atoms with Crippen LogP contribution in [0.25, 0.3) is 0 Å². The standard InChI is InChI=1S/C27H33N3O4S/c1-17-6-9-23(13-18(17)2)28-26(31)21-5-4-12-29(16-21)35(33,34)24-10-11-25-22(15-24)14-19(3)30(25)27(32)20-7-8-20/h6,9-11,13,15,19-21H,4-5,7-8,12,14,16H2,1-3H3,(H,28,31). The Labute approximate surface area is 207 Å². The Morgan fingerprint density at radius 1 is 0.971 bits per heavy atom. The Hall–Kier alpha value is -2.71. The summed E-state index contributed by atoms with van der Waals surface area (Å²) < 4.78 is 28.5. The van der Waals surface area contributed by atoms with Crippen LogP contribution >= 0.6 is 0 Å². The molecular formula is C27H33N3O4S. The number of nitrogens with zero attached hydrogens (tertiary/aromatic N) is 2. The molecule has 0 bridgehead atoms. The lowest BCUT2D eigenvalue weighted by atomic mass is 9.98. The molecule has 2 aromatic carbocycles. The molecule has 1 saturated carbocycles. The third-order valence-corrected chi connectivity index (χ3v) is 9.46. The molecule has 2 fully saturated rings. The quantitative estimate of drug-likeness (QED) is 0.679. The lowest BCUT2D eigenvalue weighted by molar-refractivity contribution is -0.121. The lowest BCUT2D eigenvalue weighted by Gasteiger charge is -2.31. The average Bonchev–Trinajstić information content (AvgIpc) is 3.63. The number of anilines is 2. The molecular weight excluding hydrogens is 462 g/mol. The number of sulfonamides is 1. The van der Waals surface area contributed by atoms with Gasteiger partial charge in [0.05, 0.1) is 10.8 Å². The van der Waals surface area contributed by atoms with E-state index in [2.05, 4.69) is 5.32 Å². The largest absolute Gasteiger partial charge is 0.326 e. The second-order valence-electron chi connectivity index (χ2n) is 10.3. The van der Waals surface area contributed by atoms with E-state index in [9.17, 15) is 18.0 Å². The van der Waals surface area contributed by atoms with Crippen molar-refractivity contribution in [2.45, 2.75) is 63.8 Å². The van der Waals surface area contributed by atoms with Gasteiger partial charge in [0, 0.05) is 36.4 Å². The molecule has 0 radical (unpaired) electrons. The van der Waals surface area contributed by atoms with E-state index in [0.717, 1.165) is 40.9 Å². The Morgan fingerprint density at radius 2 is 1.74 bits per heavy atom. The van der Waals surface area contributed by atoms with Crippen molar-refractivity contribution < 1.29 is 18.0 Å². The van der Waals surface area contributed by atoms with Crippen molar-refractivity contribution in [3.05, 3.63) is 53.1 Å². The number of rotatable bonds is 5. The van der Waals surface area contributed by atoms with Gasteiger partial charge in [-0.3, -0.25) is 9.59 Å². The van der Waals surface area contributed by atoms with Gasteiger partial charge >= 0.3 is 0 Å². The summed E-state index contributed by atoms with van der Waals surface area (Å²) in [6, 6.07) is 10.9. The number of carbonyl (C=O) groups excluding carboxylic acids is 2. The van der Waals surface area contributed by atoms with Gasteiger partial charge in [-0.05, 0) is 99.9 Å². The van der Waals surface area contributed by atoms with Crippen LogP contribution in [-0.4, -0.2) is 43.7 Å². The van der Waals surface area contributed by atoms with Crippen LogP contribution in [0.1, 0.15) is 49.3 Å². The van der Waals surface area contributed by atoms with E-state index in [1.807, 2.05) is 43.9 Å². The number of hydrogen-bond acceptors (Lipinski definition) is 4. The van der Waals surface area contributed by atoms with E-state index >= 15 is 0 Å². The Morgan fingerprint density at radius 3 is 2.46 bits per heavy atom. The van der Waals surface area contributed by atoms with Crippen molar-refractivity contribution >= 4 is 33.2 Å². The van der Waals surface area contributed by atoms with Gasteiger partial charge in [-0.2, -0.15) is 4.31 Å². The smallest absolute Gasteiger partial charge is 0.243 e. The van der Waals surface area contributed by atoms with Crippen molar-refractivity contribution in [2.24, 2.45) is 11.8 Å². The van der Waals surface area contributed by atoms with Crippen LogP contribution in [0.3, 0.4) is 0 Å². The number of carbonyl (C=O) groups is 2. The van der Waals surface area contributed by atoms with E-state index in [1.165, 1.54) is 4.31 Å². The molecule has 2 amide bonds. The second kappa shape index (κ2) is 9.06. The zero-order valence-electron chi connectivity index (χ0n) is 20.6. The number of aryl methyl sites for hydroxylation is 2. The van der Waals surface area contributed by atoms with Gasteiger partial charge in [0.2, 0.25) is 21.8 Å². The van der Waals surface area contributed by atoms with Crippen LogP contribution in [0, 0.1) is 25.7 Å². The maximum Gasteiger partial charge on any atom is 0.243 e. The molecule has 2 atom stereocenters. The maximum atomic E-state index is 13.5. The van der Waals surface area contributed by atoms with E-state index in [0.29, 0.717) is 25.8 Å². The highest BCUT2D eigenvalue weighted by Gasteiger charge is 2.40. The first-order chi connectivity index (χ1) is 16.6. The summed E-state index contributed by atoms with van der Waals surface area (Å²) in [6.07, 6.45) is 3.82. The predicted octanol–water partition coefficient (Wildman–Crippen LogP) is 4.03. The van der Waals surface area contributed by atoms with Gasteiger partial charge in [-0.15, -0.1) is 0 Å². The molecule has 3 aliphatic rings. The van der Waals surface area contributed by atoms with Gasteiger partial charge in [0.15, 0.2) is 0 Å². The highest BCUT2D eigenvalue weighted by atomic mass is 32.2. The Balaban J connectivity index is 1.31. The first-order valence-electron chi connectivity index (χ1n) is 12.5. The SMILES string of the molecule is Cc1ccc(NC(=O)C2CCCN(S(=O)(=O)c3ccc4c(c3)CC(C)N4C(=O)C3CC3)C2)cc1C. The van der Waals surface area contributed by atoms with Crippen LogP contribution in [-0.2, 0) is 26.0 Å². The summed E-state index contributed by atoms with van der Waals surface area (Å²) >= 11 is 0. The summed E-state index contributed by atoms with van der Waals surface area (Å²) in [4.78, 5) is 27.8. The molecule has 2 heterocycles. The number of benzene rings is 2. The summed E-state index contributed by atoms with van der Waals surface area (Å²) in [5, 5.41) is 2.96. The zero-order valence-corrected chi connectivity index (χ0v) is 21.4. The molecule has 8 heteroatoms. The number of fused-ring (bicyclic) bond motifs is 1. The van der Waals surface area contributed by atoms with Crippen molar-refractivity contribution in [2.75, 3.05) is 23.3 Å². The lowest BCUT2D eigenvalue weighted by Crippen LogP contribution is -2.43. The normalized spacial score (nSPS) is 22.7. The van der Waals surface area contributed by atoms with Gasteiger partial charge in [-0.1, -0.05) is 6.07 Å². The third-order valence-electron chi connectivity index (χ3n) is 7.60. The zero-order chi connectivity index (χ0) is 24.9. The fraction of sp³-hybridized carbons (Fsp3) is 0.481. The minimum Gasteiger partial charge on any atom is -0.326 e. The van der Waals surface area contributed by atoms with Gasteiger partial charge in [0.1, 0.15) is 0 Å². The molecule has 186 valence electrons. The van der Waals surface area contributed by atoms with Crippen molar-refractivity contribution in [1.29, 1.82) is 0 Å². The van der Waals surface area contributed by atoms with Gasteiger partial charge in [-0.25, -0.2) is 8.42 Å². The van der Waals surface area contributed by atoms with Crippen LogP contribution in [0.15, 0.2) is 41.3 Å². The highest BCUT2D eigenvalue weighted by Crippen LogP contribution is 2.40. The highest BCUT2D eigenvalue weighted by molar-refractivity contribution is 7.89. The third kappa shape index (κ3) is 4.61. The van der Waals surface area contributed by atoms with Crippen LogP contribution < -0.4 is 10.2 Å². The van der Waals surface area contributed by atoms with E-state index in [4.69, 9.17) is 0 Å². The molecule has 5 rings (SSSR count). The minimum atomic E-state index is -3.74. The molecule has 1 aliphatic carbocycles. The van der Waals surface area contributed by atoms with Crippen molar-refractivity contribution in [3.63, 3.8) is 0 Å². The first kappa shape index (κ1) is 24.0. The number of amides is 2. The van der Waals surface area contributed by atoms with E-state index in [1.54, 1.807) is 18.2 Å². The fourth-order valence-electron chi connectivity index (χ4n) is 5.22. The summed E-state index contributed by atoms with van der Waals surface area (Å²) in [7, 11) is -3.74. The molecule has 1 N–H and O–H groups in total. The van der Waals surface area contributed by atoms with E-state index in [-0.39, 0.29) is 35.2 Å². The predicted molar refractivity (Wildman–Crippen MR) is 136 cm³/mol. The van der Waals surface area contributed by atoms with E-state index < -0.39 is 15.9 Å². The van der Waals surface area contributed by atoms with Crippen molar-refractivity contribution in [1.82, 2.24) is 4.31 Å². The van der Waals surface area contributed by atoms with Crippen LogP contribution in [0.5, 0.6) is 0 Å². The Kier molecular flexibility index (Phi) is 6.21. The molecule has 0 spiro atoms. The summed E-state index contributed by atoms with van der Waals surface area (Å²) in [5.74, 6) is -0.279. The van der Waals surface area contributed by atoms with Crippen molar-refractivity contribution in [3.8, 4) is 0 Å². The van der Waals surface area contributed by atoms with Crippen LogP contribution in [0.4, 0.5) is 11.4 Å². The molecule has 1 saturated heterocycles. The minimum absolute atomic E-state index is 0.0320. The molecule has 0 aromatic heterocycles. The van der Waals surface area contributed by atoms with Crippen LogP contribution in [0.2, 0.25) is 0 Å². The number of nitrogens with one attached hydrogen (secondary N) is 1. The first-order valence-corrected chi connectivity index (χ1v) is 13.9. The van der Waals surface area contributed by atoms with Gasteiger partial charge in [0.25, 0.3) is 0 Å². The molecule has 35 heavy (non-hydrogen) atoms. The number of piperidine rings is 1. The number of hydrogen-bond donors (Lipinski definition) is 1. The summed E-state index contributed by atoms with van der Waals surface area (Å²) in [6.45, 7) is 6.59. The van der Waals surface area contributed by atoms with Gasteiger partial charge < -0.3 is 10.2 Å². The molecule has 2 aromatic rings. The molecule has 7 nitrogen and oxygen atoms in total. The maximum absolute atomic E-state index is 13.5. The monoisotopic (exact) mass is 495 g/mol. The topological polar surface area (TPSA) is 86.8 Å².